The number of rotatable bonds is 8. The van der Waals surface area contributed by atoms with Gasteiger partial charge in [-0.15, -0.1) is 11.3 Å². The molecule has 1 aromatic carbocycles. The summed E-state index contributed by atoms with van der Waals surface area (Å²) >= 11 is 1.23. The van der Waals surface area contributed by atoms with Gasteiger partial charge < -0.3 is 10.1 Å². The molecule has 1 N–H and O–H groups in total. The molecule has 0 atom stereocenters. The van der Waals surface area contributed by atoms with Crippen molar-refractivity contribution in [2.45, 2.75) is 11.8 Å². The lowest BCUT2D eigenvalue weighted by atomic mass is 10.3. The Morgan fingerprint density at radius 1 is 1.15 bits per heavy atom. The van der Waals surface area contributed by atoms with Crippen LogP contribution in [-0.4, -0.2) is 50.6 Å². The first-order valence-electron chi connectivity index (χ1n) is 7.76. The first-order valence-corrected chi connectivity index (χ1v) is 10.1. The number of nitrogens with zero attached hydrogens (tertiary/aromatic N) is 1. The fraction of sp³-hybridized carbons (Fsp3) is 0.235. The minimum absolute atomic E-state index is 0.0402. The molecule has 0 aliphatic carbocycles. The van der Waals surface area contributed by atoms with Crippen LogP contribution in [0.3, 0.4) is 0 Å². The highest BCUT2D eigenvalue weighted by Crippen LogP contribution is 2.17. The standard InChI is InChI=1S/C17H18N2O6S2/c1-12(20)18-13-5-7-14(8-6-13)27(23,24)19(2)10-17(22)25-11-15(21)16-4-3-9-26-16/h3-9H,10-11H2,1-2H3,(H,18,20). The molecule has 0 spiro atoms. The van der Waals surface area contributed by atoms with Crippen molar-refractivity contribution in [2.24, 2.45) is 0 Å². The van der Waals surface area contributed by atoms with Crippen molar-refractivity contribution in [2.75, 3.05) is 25.5 Å². The molecule has 8 nitrogen and oxygen atoms in total. The van der Waals surface area contributed by atoms with Gasteiger partial charge in [-0.3, -0.25) is 14.4 Å². The van der Waals surface area contributed by atoms with Crippen LogP contribution in [0.1, 0.15) is 16.6 Å². The highest BCUT2D eigenvalue weighted by atomic mass is 32.2. The van der Waals surface area contributed by atoms with Gasteiger partial charge >= 0.3 is 5.97 Å². The maximum atomic E-state index is 12.5. The van der Waals surface area contributed by atoms with Gasteiger partial charge in [-0.05, 0) is 35.7 Å². The minimum atomic E-state index is -3.92. The highest BCUT2D eigenvalue weighted by molar-refractivity contribution is 7.89. The number of ether oxygens (including phenoxy) is 1. The van der Waals surface area contributed by atoms with Gasteiger partial charge in [-0.2, -0.15) is 4.31 Å². The fourth-order valence-corrected chi connectivity index (χ4v) is 3.83. The lowest BCUT2D eigenvalue weighted by Crippen LogP contribution is -2.33. The summed E-state index contributed by atoms with van der Waals surface area (Å²) in [5.74, 6) is -1.46. The number of esters is 1. The van der Waals surface area contributed by atoms with Crippen molar-refractivity contribution in [1.29, 1.82) is 0 Å². The van der Waals surface area contributed by atoms with Crippen molar-refractivity contribution < 1.29 is 27.5 Å². The van der Waals surface area contributed by atoms with Crippen molar-refractivity contribution >= 4 is 44.7 Å². The van der Waals surface area contributed by atoms with Gasteiger partial charge in [0, 0.05) is 19.7 Å². The second-order valence-electron chi connectivity index (χ2n) is 5.53. The molecule has 0 aliphatic rings. The van der Waals surface area contributed by atoms with E-state index in [0.29, 0.717) is 10.6 Å². The summed E-state index contributed by atoms with van der Waals surface area (Å²) in [6.45, 7) is 0.361. The molecular formula is C17H18N2O6S2. The van der Waals surface area contributed by atoms with Crippen LogP contribution in [0.2, 0.25) is 0 Å². The van der Waals surface area contributed by atoms with Crippen LogP contribution in [0.15, 0.2) is 46.7 Å². The predicted molar refractivity (Wildman–Crippen MR) is 100 cm³/mol. The molecule has 1 amide bonds. The molecular weight excluding hydrogens is 392 g/mol. The van der Waals surface area contributed by atoms with E-state index >= 15 is 0 Å². The van der Waals surface area contributed by atoms with E-state index in [9.17, 15) is 22.8 Å². The van der Waals surface area contributed by atoms with Gasteiger partial charge in [-0.1, -0.05) is 6.07 Å². The largest absolute Gasteiger partial charge is 0.456 e. The molecule has 1 heterocycles. The molecule has 0 unspecified atom stereocenters. The number of anilines is 1. The minimum Gasteiger partial charge on any atom is -0.456 e. The number of hydrogen-bond acceptors (Lipinski definition) is 7. The van der Waals surface area contributed by atoms with Crippen molar-refractivity contribution in [3.8, 4) is 0 Å². The fourth-order valence-electron chi connectivity index (χ4n) is 2.06. The normalized spacial score (nSPS) is 11.2. The van der Waals surface area contributed by atoms with Gasteiger partial charge in [0.1, 0.15) is 6.54 Å². The zero-order chi connectivity index (χ0) is 20.0. The highest BCUT2D eigenvalue weighted by Gasteiger charge is 2.24. The first kappa shape index (κ1) is 20.7. The van der Waals surface area contributed by atoms with Crippen LogP contribution < -0.4 is 5.32 Å². The number of ketones is 1. The number of benzene rings is 1. The predicted octanol–water partition coefficient (Wildman–Crippen LogP) is 1.75. The zero-order valence-electron chi connectivity index (χ0n) is 14.7. The van der Waals surface area contributed by atoms with E-state index in [-0.39, 0.29) is 16.6 Å². The van der Waals surface area contributed by atoms with E-state index in [2.05, 4.69) is 5.32 Å². The second-order valence-corrected chi connectivity index (χ2v) is 8.52. The Morgan fingerprint density at radius 3 is 2.37 bits per heavy atom. The van der Waals surface area contributed by atoms with E-state index in [1.807, 2.05) is 0 Å². The van der Waals surface area contributed by atoms with Crippen LogP contribution >= 0.6 is 11.3 Å². The van der Waals surface area contributed by atoms with Crippen molar-refractivity contribution in [3.63, 3.8) is 0 Å². The van der Waals surface area contributed by atoms with E-state index in [1.165, 1.54) is 49.6 Å². The number of Topliss-reactive ketones (excluding diaryl/α,β-unsaturated/α-hetero) is 1. The second kappa shape index (κ2) is 8.89. The molecule has 0 saturated carbocycles. The summed E-state index contributed by atoms with van der Waals surface area (Å²) in [4.78, 5) is 35.1. The van der Waals surface area contributed by atoms with E-state index < -0.39 is 29.1 Å². The SMILES string of the molecule is CC(=O)Nc1ccc(S(=O)(=O)N(C)CC(=O)OCC(=O)c2cccs2)cc1. The summed E-state index contributed by atoms with van der Waals surface area (Å²) < 4.78 is 30.7. The number of thiophene rings is 1. The Bertz CT molecular complexity index is 921. The average Bonchev–Trinajstić information content (AvgIpc) is 3.14. The summed E-state index contributed by atoms with van der Waals surface area (Å²) in [6, 6.07) is 8.85. The topological polar surface area (TPSA) is 110 Å². The molecule has 2 rings (SSSR count). The number of carbonyl (C=O) groups excluding carboxylic acids is 3. The smallest absolute Gasteiger partial charge is 0.321 e. The maximum Gasteiger partial charge on any atom is 0.321 e. The van der Waals surface area contributed by atoms with Crippen molar-refractivity contribution in [3.05, 3.63) is 46.7 Å². The Balaban J connectivity index is 1.94. The average molecular weight is 410 g/mol. The lowest BCUT2D eigenvalue weighted by Gasteiger charge is -2.16. The number of sulfonamides is 1. The molecule has 0 saturated heterocycles. The molecule has 1 aromatic heterocycles. The third-order valence-electron chi connectivity index (χ3n) is 3.39. The summed E-state index contributed by atoms with van der Waals surface area (Å²) in [6.07, 6.45) is 0. The summed E-state index contributed by atoms with van der Waals surface area (Å²) in [7, 11) is -2.69. The Kier molecular flexibility index (Phi) is 6.83. The van der Waals surface area contributed by atoms with Gasteiger partial charge in [0.25, 0.3) is 0 Å². The third-order valence-corrected chi connectivity index (χ3v) is 6.12. The molecule has 27 heavy (non-hydrogen) atoms. The number of nitrogens with one attached hydrogen (secondary N) is 1. The summed E-state index contributed by atoms with van der Waals surface area (Å²) in [5.41, 5.74) is 0.454. The molecule has 0 radical (unpaired) electrons. The van der Waals surface area contributed by atoms with Gasteiger partial charge in [0.2, 0.25) is 21.7 Å². The number of hydrogen-bond donors (Lipinski definition) is 1. The van der Waals surface area contributed by atoms with E-state index in [1.54, 1.807) is 17.5 Å². The quantitative estimate of drug-likeness (QED) is 0.524. The molecule has 2 aromatic rings. The Labute approximate surface area is 160 Å². The van der Waals surface area contributed by atoms with E-state index in [0.717, 1.165) is 4.31 Å². The van der Waals surface area contributed by atoms with Crippen molar-refractivity contribution in [1.82, 2.24) is 4.31 Å². The molecule has 0 aliphatic heterocycles. The lowest BCUT2D eigenvalue weighted by molar-refractivity contribution is -0.142. The van der Waals surface area contributed by atoms with Crippen LogP contribution in [0.5, 0.6) is 0 Å². The number of likely N-dealkylation sites (N-methyl/N-ethyl adjacent to an activating group) is 1. The van der Waals surface area contributed by atoms with Crippen LogP contribution in [0.25, 0.3) is 0 Å². The number of amides is 1. The van der Waals surface area contributed by atoms with E-state index in [4.69, 9.17) is 4.74 Å². The molecule has 144 valence electrons. The first-order chi connectivity index (χ1) is 12.7. The molecule has 0 bridgehead atoms. The summed E-state index contributed by atoms with van der Waals surface area (Å²) in [5, 5.41) is 4.26. The van der Waals surface area contributed by atoms with Gasteiger partial charge in [0.05, 0.1) is 9.77 Å². The van der Waals surface area contributed by atoms with Gasteiger partial charge in [-0.25, -0.2) is 8.42 Å². The molecule has 10 heteroatoms. The van der Waals surface area contributed by atoms with Crippen LogP contribution in [-0.2, 0) is 24.3 Å². The van der Waals surface area contributed by atoms with Gasteiger partial charge in [0.15, 0.2) is 6.61 Å². The third kappa shape index (κ3) is 5.71. The maximum absolute atomic E-state index is 12.5. The molecule has 0 fully saturated rings. The Hall–Kier alpha value is -2.56. The van der Waals surface area contributed by atoms with Crippen LogP contribution in [0, 0.1) is 0 Å². The zero-order valence-corrected chi connectivity index (χ0v) is 16.3. The Morgan fingerprint density at radius 2 is 1.81 bits per heavy atom. The number of carbonyl (C=O) groups is 3. The monoisotopic (exact) mass is 410 g/mol. The van der Waals surface area contributed by atoms with Crippen LogP contribution in [0.4, 0.5) is 5.69 Å².